The third-order valence-electron chi connectivity index (χ3n) is 5.09. The van der Waals surface area contributed by atoms with Crippen LogP contribution in [-0.4, -0.2) is 32.1 Å². The zero-order valence-corrected chi connectivity index (χ0v) is 14.2. The Labute approximate surface area is 128 Å². The Balaban J connectivity index is 2.14. The summed E-state index contributed by atoms with van der Waals surface area (Å²) in [6.07, 6.45) is 3.88. The third kappa shape index (κ3) is 3.98. The van der Waals surface area contributed by atoms with E-state index < -0.39 is 15.1 Å². The van der Waals surface area contributed by atoms with Gasteiger partial charge in [-0.05, 0) is 43.4 Å². The van der Waals surface area contributed by atoms with Gasteiger partial charge in [0, 0.05) is 6.61 Å². The predicted octanol–water partition coefficient (Wildman–Crippen LogP) is 2.93. The molecular formula is C16H27NO3S. The van der Waals surface area contributed by atoms with Crippen LogP contribution in [0.3, 0.4) is 0 Å². The first-order valence-corrected chi connectivity index (χ1v) is 9.68. The molecule has 0 aromatic carbocycles. The molecule has 1 aliphatic carbocycles. The maximum atomic E-state index is 12.8. The first-order chi connectivity index (χ1) is 9.74. The van der Waals surface area contributed by atoms with Gasteiger partial charge in [-0.25, -0.2) is 8.42 Å². The van der Waals surface area contributed by atoms with Crippen molar-refractivity contribution in [2.24, 2.45) is 17.3 Å². The molecule has 1 heterocycles. The smallest absolute Gasteiger partial charge is 0.157 e. The molecule has 0 spiro atoms. The molecule has 1 saturated heterocycles. The van der Waals surface area contributed by atoms with Gasteiger partial charge < -0.3 is 4.74 Å². The number of hydrogen-bond acceptors (Lipinski definition) is 4. The van der Waals surface area contributed by atoms with Gasteiger partial charge in [0.25, 0.3) is 0 Å². The van der Waals surface area contributed by atoms with E-state index in [9.17, 15) is 13.7 Å². The topological polar surface area (TPSA) is 67.2 Å². The number of hydrogen-bond donors (Lipinski definition) is 0. The molecule has 0 amide bonds. The standard InChI is InChI=1S/C16H27NO3S/c1-16(2,3)13-7-6-12(10-17)15(9-13)21(18,19)11-14-5-4-8-20-14/h12-15H,4-9,11H2,1-3H3. The second-order valence-electron chi connectivity index (χ2n) is 7.61. The van der Waals surface area contributed by atoms with Crippen LogP contribution in [0, 0.1) is 28.6 Å². The van der Waals surface area contributed by atoms with E-state index in [4.69, 9.17) is 4.74 Å². The highest BCUT2D eigenvalue weighted by molar-refractivity contribution is 7.92. The molecule has 1 saturated carbocycles. The van der Waals surface area contributed by atoms with Gasteiger partial charge >= 0.3 is 0 Å². The van der Waals surface area contributed by atoms with E-state index in [-0.39, 0.29) is 23.2 Å². The zero-order valence-electron chi connectivity index (χ0n) is 13.3. The fourth-order valence-corrected chi connectivity index (χ4v) is 5.87. The Bertz CT molecular complexity index is 495. The first-order valence-electron chi connectivity index (χ1n) is 7.97. The summed E-state index contributed by atoms with van der Waals surface area (Å²) in [5.41, 5.74) is 0.0953. The van der Waals surface area contributed by atoms with E-state index >= 15 is 0 Å². The van der Waals surface area contributed by atoms with Gasteiger partial charge in [-0.2, -0.15) is 5.26 Å². The maximum Gasteiger partial charge on any atom is 0.157 e. The number of nitriles is 1. The van der Waals surface area contributed by atoms with Crippen LogP contribution in [0.1, 0.15) is 52.9 Å². The molecule has 4 atom stereocenters. The molecule has 2 aliphatic rings. The molecule has 0 radical (unpaired) electrons. The van der Waals surface area contributed by atoms with Crippen LogP contribution in [0.5, 0.6) is 0 Å². The van der Waals surface area contributed by atoms with Gasteiger partial charge in [-0.15, -0.1) is 0 Å². The van der Waals surface area contributed by atoms with Crippen molar-refractivity contribution < 1.29 is 13.2 Å². The van der Waals surface area contributed by atoms with Crippen LogP contribution >= 0.6 is 0 Å². The Morgan fingerprint density at radius 2 is 1.95 bits per heavy atom. The van der Waals surface area contributed by atoms with Crippen LogP contribution < -0.4 is 0 Å². The van der Waals surface area contributed by atoms with Gasteiger partial charge in [-0.1, -0.05) is 20.8 Å². The van der Waals surface area contributed by atoms with E-state index in [1.807, 2.05) is 0 Å². The number of nitrogens with zero attached hydrogens (tertiary/aromatic N) is 1. The third-order valence-corrected chi connectivity index (χ3v) is 7.37. The van der Waals surface area contributed by atoms with Crippen molar-refractivity contribution in [1.82, 2.24) is 0 Å². The second kappa shape index (κ2) is 6.26. The molecule has 5 heteroatoms. The van der Waals surface area contributed by atoms with Crippen LogP contribution in [0.25, 0.3) is 0 Å². The van der Waals surface area contributed by atoms with Crippen molar-refractivity contribution in [1.29, 1.82) is 5.26 Å². The monoisotopic (exact) mass is 313 g/mol. The molecule has 120 valence electrons. The molecule has 0 aromatic heterocycles. The Kier molecular flexibility index (Phi) is 4.99. The lowest BCUT2D eigenvalue weighted by atomic mass is 9.70. The summed E-state index contributed by atoms with van der Waals surface area (Å²) < 4.78 is 31.0. The molecule has 0 bridgehead atoms. The van der Waals surface area contributed by atoms with Crippen molar-refractivity contribution in [2.45, 2.75) is 64.2 Å². The van der Waals surface area contributed by atoms with Gasteiger partial charge in [0.05, 0.1) is 29.1 Å². The van der Waals surface area contributed by atoms with Gasteiger partial charge in [0.15, 0.2) is 9.84 Å². The molecule has 0 aromatic rings. The molecule has 1 aliphatic heterocycles. The Hall–Kier alpha value is -0.600. The van der Waals surface area contributed by atoms with Crippen LogP contribution in [0.2, 0.25) is 0 Å². The number of ether oxygens (including phenoxy) is 1. The minimum Gasteiger partial charge on any atom is -0.377 e. The molecule has 4 unspecified atom stereocenters. The molecule has 0 N–H and O–H groups in total. The Morgan fingerprint density at radius 1 is 1.24 bits per heavy atom. The summed E-state index contributed by atoms with van der Waals surface area (Å²) in [7, 11) is -3.27. The largest absolute Gasteiger partial charge is 0.377 e. The minimum atomic E-state index is -3.27. The predicted molar refractivity (Wildman–Crippen MR) is 82.4 cm³/mol. The number of rotatable bonds is 3. The minimum absolute atomic E-state index is 0.0900. The first kappa shape index (κ1) is 16.8. The van der Waals surface area contributed by atoms with Crippen LogP contribution in [-0.2, 0) is 14.6 Å². The van der Waals surface area contributed by atoms with Crippen molar-refractivity contribution in [2.75, 3.05) is 12.4 Å². The summed E-state index contributed by atoms with van der Waals surface area (Å²) in [6, 6.07) is 2.24. The van der Waals surface area contributed by atoms with Crippen molar-refractivity contribution in [3.8, 4) is 6.07 Å². The highest BCUT2D eigenvalue weighted by atomic mass is 32.2. The summed E-state index contributed by atoms with van der Waals surface area (Å²) in [5, 5.41) is 8.82. The van der Waals surface area contributed by atoms with E-state index in [2.05, 4.69) is 26.8 Å². The van der Waals surface area contributed by atoms with Gasteiger partial charge in [-0.3, -0.25) is 0 Å². The lowest BCUT2D eigenvalue weighted by Gasteiger charge is -2.39. The lowest BCUT2D eigenvalue weighted by molar-refractivity contribution is 0.126. The van der Waals surface area contributed by atoms with E-state index in [0.717, 1.165) is 19.3 Å². The quantitative estimate of drug-likeness (QED) is 0.803. The van der Waals surface area contributed by atoms with Crippen molar-refractivity contribution in [3.63, 3.8) is 0 Å². The average Bonchev–Trinajstić information content (AvgIpc) is 2.89. The van der Waals surface area contributed by atoms with Gasteiger partial charge in [0.1, 0.15) is 0 Å². The fourth-order valence-electron chi connectivity index (χ4n) is 3.62. The van der Waals surface area contributed by atoms with Crippen LogP contribution in [0.15, 0.2) is 0 Å². The maximum absolute atomic E-state index is 12.8. The highest BCUT2D eigenvalue weighted by Gasteiger charge is 2.43. The van der Waals surface area contributed by atoms with Crippen molar-refractivity contribution >= 4 is 9.84 Å². The molecule has 2 fully saturated rings. The highest BCUT2D eigenvalue weighted by Crippen LogP contribution is 2.42. The second-order valence-corrected chi connectivity index (χ2v) is 9.88. The van der Waals surface area contributed by atoms with E-state index in [1.54, 1.807) is 0 Å². The van der Waals surface area contributed by atoms with E-state index in [0.29, 0.717) is 25.4 Å². The van der Waals surface area contributed by atoms with E-state index in [1.165, 1.54) is 0 Å². The summed E-state index contributed by atoms with van der Waals surface area (Å²) in [4.78, 5) is 0. The average molecular weight is 313 g/mol. The lowest BCUT2D eigenvalue weighted by Crippen LogP contribution is -2.41. The molecular weight excluding hydrogens is 286 g/mol. The van der Waals surface area contributed by atoms with Crippen LogP contribution in [0.4, 0.5) is 0 Å². The Morgan fingerprint density at radius 3 is 2.48 bits per heavy atom. The fraction of sp³-hybridized carbons (Fsp3) is 0.938. The SMILES string of the molecule is CC(C)(C)C1CCC(C#N)C(S(=O)(=O)CC2CCCO2)C1. The molecule has 21 heavy (non-hydrogen) atoms. The zero-order chi connectivity index (χ0) is 15.7. The normalized spacial score (nSPS) is 34.6. The molecule has 4 nitrogen and oxygen atoms in total. The van der Waals surface area contributed by atoms with Crippen molar-refractivity contribution in [3.05, 3.63) is 0 Å². The summed E-state index contributed by atoms with van der Waals surface area (Å²) >= 11 is 0. The molecule has 2 rings (SSSR count). The number of sulfone groups is 1. The summed E-state index contributed by atoms with van der Waals surface area (Å²) in [6.45, 7) is 7.15. The van der Waals surface area contributed by atoms with Gasteiger partial charge in [0.2, 0.25) is 0 Å². The summed E-state index contributed by atoms with van der Waals surface area (Å²) in [5.74, 6) is 0.105.